The average molecular weight is 412 g/mol. The maximum atomic E-state index is 13.0. The van der Waals surface area contributed by atoms with Gasteiger partial charge >= 0.3 is 12.1 Å². The van der Waals surface area contributed by atoms with Crippen LogP contribution in [-0.2, 0) is 11.3 Å². The number of nitrogens with one attached hydrogen (secondary N) is 1. The molecule has 4 N–H and O–H groups in total. The molecule has 1 atom stereocenters. The number of benzene rings is 2. The van der Waals surface area contributed by atoms with Crippen LogP contribution in [0.2, 0.25) is 0 Å². The lowest BCUT2D eigenvalue weighted by Crippen LogP contribution is -2.26. The van der Waals surface area contributed by atoms with Crippen molar-refractivity contribution in [1.29, 1.82) is 0 Å². The highest BCUT2D eigenvalue weighted by molar-refractivity contribution is 5.73. The van der Waals surface area contributed by atoms with E-state index >= 15 is 0 Å². The number of nitrogens with two attached hydrogens (primary N) is 1. The lowest BCUT2D eigenvalue weighted by atomic mass is 10.1. The predicted molar refractivity (Wildman–Crippen MR) is 85.0 cm³/mol. The Balaban J connectivity index is 0.000000480. The minimum Gasteiger partial charge on any atom is -0.475 e. The summed E-state index contributed by atoms with van der Waals surface area (Å²) in [7, 11) is 0. The van der Waals surface area contributed by atoms with Crippen LogP contribution in [0.4, 0.5) is 30.7 Å². The molecule has 0 radical (unpaired) electrons. The Bertz CT molecular complexity index is 772. The van der Waals surface area contributed by atoms with Crippen LogP contribution in [0.5, 0.6) is 0 Å². The summed E-state index contributed by atoms with van der Waals surface area (Å²) in [6.07, 6.45) is -5.08. The largest absolute Gasteiger partial charge is 0.490 e. The van der Waals surface area contributed by atoms with Crippen molar-refractivity contribution in [2.45, 2.75) is 18.8 Å². The zero-order valence-electron chi connectivity index (χ0n) is 14.0. The van der Waals surface area contributed by atoms with Gasteiger partial charge in [0.05, 0.1) is 0 Å². The Morgan fingerprint density at radius 3 is 1.93 bits per heavy atom. The highest BCUT2D eigenvalue weighted by Gasteiger charge is 2.38. The van der Waals surface area contributed by atoms with Crippen LogP contribution in [0, 0.1) is 23.3 Å². The van der Waals surface area contributed by atoms with Gasteiger partial charge in [-0.05, 0) is 35.4 Å². The molecule has 2 aromatic rings. The fourth-order valence-electron chi connectivity index (χ4n) is 1.91. The van der Waals surface area contributed by atoms with Crippen LogP contribution in [0.25, 0.3) is 0 Å². The van der Waals surface area contributed by atoms with Crippen LogP contribution in [-0.4, -0.2) is 23.8 Å². The Hall–Kier alpha value is -2.66. The Kier molecular flexibility index (Phi) is 8.38. The third-order valence-electron chi connectivity index (χ3n) is 3.28. The number of hydrogen-bond donors (Lipinski definition) is 3. The first-order chi connectivity index (χ1) is 12.9. The summed E-state index contributed by atoms with van der Waals surface area (Å²) >= 11 is 0. The number of carboxylic acids is 1. The smallest absolute Gasteiger partial charge is 0.475 e. The van der Waals surface area contributed by atoms with E-state index in [1.807, 2.05) is 0 Å². The molecule has 0 bridgehead atoms. The van der Waals surface area contributed by atoms with Crippen LogP contribution in [0.1, 0.15) is 17.2 Å². The van der Waals surface area contributed by atoms with E-state index in [0.29, 0.717) is 6.54 Å². The highest BCUT2D eigenvalue weighted by Crippen LogP contribution is 2.15. The van der Waals surface area contributed by atoms with Gasteiger partial charge < -0.3 is 16.2 Å². The topological polar surface area (TPSA) is 75.3 Å². The average Bonchev–Trinajstić information content (AvgIpc) is 2.59. The molecule has 2 rings (SSSR count). The molecular formula is C17H15F7N2O2. The molecule has 0 spiro atoms. The summed E-state index contributed by atoms with van der Waals surface area (Å²) in [6.45, 7) is 0.468. The summed E-state index contributed by atoms with van der Waals surface area (Å²) < 4.78 is 83.4. The molecule has 0 saturated heterocycles. The van der Waals surface area contributed by atoms with Gasteiger partial charge in [-0.1, -0.05) is 12.1 Å². The third kappa shape index (κ3) is 7.53. The Morgan fingerprint density at radius 2 is 1.50 bits per heavy atom. The molecule has 0 aliphatic rings. The summed E-state index contributed by atoms with van der Waals surface area (Å²) in [5.74, 6) is -7.05. The Labute approximate surface area is 154 Å². The standard InChI is InChI=1S/C15H14F4N2.C2HF3O2/c16-11-3-1-10(2-4-11)14(20)8-21-7-9-5-12(17)15(19)13(18)6-9;3-2(4,5)1(6)7/h1-6,14,21H,7-8,20H2;(H,6,7). The van der Waals surface area contributed by atoms with Crippen molar-refractivity contribution in [2.24, 2.45) is 5.73 Å². The molecule has 0 saturated carbocycles. The molecule has 0 heterocycles. The molecular weight excluding hydrogens is 397 g/mol. The summed E-state index contributed by atoms with van der Waals surface area (Å²) in [5.41, 5.74) is 6.91. The molecule has 11 heteroatoms. The summed E-state index contributed by atoms with van der Waals surface area (Å²) in [5, 5.41) is 10.0. The molecule has 0 fully saturated rings. The van der Waals surface area contributed by atoms with E-state index < -0.39 is 29.6 Å². The lowest BCUT2D eigenvalue weighted by molar-refractivity contribution is -0.192. The van der Waals surface area contributed by atoms with E-state index in [1.54, 1.807) is 12.1 Å². The van der Waals surface area contributed by atoms with Crippen LogP contribution in [0.3, 0.4) is 0 Å². The van der Waals surface area contributed by atoms with Gasteiger partial charge in [0.15, 0.2) is 17.5 Å². The van der Waals surface area contributed by atoms with Crippen molar-refractivity contribution in [3.63, 3.8) is 0 Å². The number of hydrogen-bond acceptors (Lipinski definition) is 3. The number of rotatable bonds is 5. The number of carboxylic acid groups (broad SMARTS) is 1. The first-order valence-corrected chi connectivity index (χ1v) is 7.57. The molecule has 2 aromatic carbocycles. The molecule has 28 heavy (non-hydrogen) atoms. The van der Waals surface area contributed by atoms with Crippen molar-refractivity contribution in [1.82, 2.24) is 5.32 Å². The number of alkyl halides is 3. The van der Waals surface area contributed by atoms with Crippen molar-refractivity contribution < 1.29 is 40.6 Å². The summed E-state index contributed by atoms with van der Waals surface area (Å²) in [6, 6.07) is 7.21. The zero-order chi connectivity index (χ0) is 21.5. The van der Waals surface area contributed by atoms with Gasteiger partial charge in [0.1, 0.15) is 5.82 Å². The molecule has 154 valence electrons. The molecule has 4 nitrogen and oxygen atoms in total. The van der Waals surface area contributed by atoms with Gasteiger partial charge in [0.2, 0.25) is 0 Å². The lowest BCUT2D eigenvalue weighted by Gasteiger charge is -2.13. The molecule has 1 unspecified atom stereocenters. The second-order valence-electron chi connectivity index (χ2n) is 5.47. The molecule has 0 aliphatic carbocycles. The molecule has 0 aliphatic heterocycles. The van der Waals surface area contributed by atoms with Crippen molar-refractivity contribution >= 4 is 5.97 Å². The molecule has 0 amide bonds. The van der Waals surface area contributed by atoms with Gasteiger partial charge in [-0.2, -0.15) is 13.2 Å². The van der Waals surface area contributed by atoms with E-state index in [9.17, 15) is 30.7 Å². The van der Waals surface area contributed by atoms with Crippen LogP contribution >= 0.6 is 0 Å². The van der Waals surface area contributed by atoms with Gasteiger partial charge in [0.25, 0.3) is 0 Å². The monoisotopic (exact) mass is 412 g/mol. The second kappa shape index (κ2) is 10.0. The van der Waals surface area contributed by atoms with Crippen molar-refractivity contribution in [3.05, 3.63) is 70.8 Å². The van der Waals surface area contributed by atoms with Gasteiger partial charge in [-0.25, -0.2) is 22.4 Å². The van der Waals surface area contributed by atoms with Crippen molar-refractivity contribution in [2.75, 3.05) is 6.54 Å². The van der Waals surface area contributed by atoms with Gasteiger partial charge in [-0.3, -0.25) is 0 Å². The normalized spacial score (nSPS) is 12.1. The molecule has 0 aromatic heterocycles. The zero-order valence-corrected chi connectivity index (χ0v) is 14.0. The quantitative estimate of drug-likeness (QED) is 0.518. The second-order valence-corrected chi connectivity index (χ2v) is 5.47. The summed E-state index contributed by atoms with van der Waals surface area (Å²) in [4.78, 5) is 8.90. The first-order valence-electron chi connectivity index (χ1n) is 7.57. The van der Waals surface area contributed by atoms with Crippen LogP contribution < -0.4 is 11.1 Å². The Morgan fingerprint density at radius 1 is 1.04 bits per heavy atom. The number of halogens is 7. The van der Waals surface area contributed by atoms with Gasteiger partial charge in [0, 0.05) is 19.1 Å². The maximum absolute atomic E-state index is 13.0. The van der Waals surface area contributed by atoms with Gasteiger partial charge in [-0.15, -0.1) is 0 Å². The van der Waals surface area contributed by atoms with E-state index in [0.717, 1.165) is 17.7 Å². The van der Waals surface area contributed by atoms with E-state index in [2.05, 4.69) is 5.32 Å². The predicted octanol–water partition coefficient (Wildman–Crippen LogP) is 3.67. The maximum Gasteiger partial charge on any atom is 0.490 e. The van der Waals surface area contributed by atoms with E-state index in [-0.39, 0.29) is 24.0 Å². The van der Waals surface area contributed by atoms with E-state index in [1.165, 1.54) is 12.1 Å². The third-order valence-corrected chi connectivity index (χ3v) is 3.28. The van der Waals surface area contributed by atoms with Crippen molar-refractivity contribution in [3.8, 4) is 0 Å². The van der Waals surface area contributed by atoms with E-state index in [4.69, 9.17) is 15.6 Å². The SMILES string of the molecule is NC(CNCc1cc(F)c(F)c(F)c1)c1ccc(F)cc1.O=C(O)C(F)(F)F. The first kappa shape index (κ1) is 23.4. The van der Waals surface area contributed by atoms with Crippen LogP contribution in [0.15, 0.2) is 36.4 Å². The highest BCUT2D eigenvalue weighted by atomic mass is 19.4. The fourth-order valence-corrected chi connectivity index (χ4v) is 1.91. The minimum atomic E-state index is -5.08. The number of carbonyl (C=O) groups is 1. The number of aliphatic carboxylic acids is 1. The minimum absolute atomic E-state index is 0.142. The fraction of sp³-hybridized carbons (Fsp3) is 0.235.